The van der Waals surface area contributed by atoms with Crippen molar-refractivity contribution in [1.29, 1.82) is 5.26 Å². The second-order valence-electron chi connectivity index (χ2n) is 4.94. The van der Waals surface area contributed by atoms with Crippen LogP contribution in [0.5, 0.6) is 0 Å². The van der Waals surface area contributed by atoms with Gasteiger partial charge in [0, 0.05) is 5.56 Å². The summed E-state index contributed by atoms with van der Waals surface area (Å²) in [6.07, 6.45) is 0. The monoisotopic (exact) mass is 358 g/mol. The third kappa shape index (κ3) is 2.66. The van der Waals surface area contributed by atoms with Gasteiger partial charge in [-0.2, -0.15) is 5.26 Å². The van der Waals surface area contributed by atoms with Gasteiger partial charge in [-0.25, -0.2) is 12.8 Å². The highest BCUT2D eigenvalue weighted by molar-refractivity contribution is 7.93. The Balaban J connectivity index is 2.29. The van der Waals surface area contributed by atoms with E-state index in [-0.39, 0.29) is 25.2 Å². The molecule has 0 aliphatic heterocycles. The summed E-state index contributed by atoms with van der Waals surface area (Å²) < 4.78 is 39.0. The molecule has 3 rings (SSSR count). The van der Waals surface area contributed by atoms with Crippen molar-refractivity contribution in [1.82, 2.24) is 0 Å². The van der Waals surface area contributed by atoms with Crippen LogP contribution in [-0.2, 0) is 9.84 Å². The average molecular weight is 358 g/mol. The molecule has 1 heterocycles. The minimum Gasteiger partial charge on any atom is -0.389 e. The molecule has 3 aromatic rings. The summed E-state index contributed by atoms with van der Waals surface area (Å²) in [6.45, 7) is 0. The van der Waals surface area contributed by atoms with Crippen LogP contribution in [0.4, 0.5) is 9.39 Å². The number of hydrogen-bond donors (Lipinski definition) is 1. The summed E-state index contributed by atoms with van der Waals surface area (Å²) in [5.41, 5.74) is 6.86. The van der Waals surface area contributed by atoms with Crippen LogP contribution in [0.2, 0.25) is 0 Å². The van der Waals surface area contributed by atoms with Crippen molar-refractivity contribution in [2.75, 3.05) is 5.73 Å². The van der Waals surface area contributed by atoms with Gasteiger partial charge in [0.2, 0.25) is 9.84 Å². The van der Waals surface area contributed by atoms with Crippen molar-refractivity contribution in [2.24, 2.45) is 0 Å². The number of halogens is 1. The summed E-state index contributed by atoms with van der Waals surface area (Å²) in [7, 11) is -3.93. The number of thiophene rings is 1. The van der Waals surface area contributed by atoms with Crippen molar-refractivity contribution < 1.29 is 12.8 Å². The zero-order valence-corrected chi connectivity index (χ0v) is 13.9. The molecular weight excluding hydrogens is 347 g/mol. The quantitative estimate of drug-likeness (QED) is 0.721. The topological polar surface area (TPSA) is 83.9 Å². The number of hydrogen-bond acceptors (Lipinski definition) is 5. The lowest BCUT2D eigenvalue weighted by Gasteiger charge is -2.07. The number of nitriles is 1. The molecule has 0 saturated carbocycles. The number of nitrogen functional groups attached to an aromatic ring is 1. The molecule has 2 aromatic carbocycles. The third-order valence-corrected chi connectivity index (χ3v) is 6.75. The molecule has 0 amide bonds. The first-order valence-electron chi connectivity index (χ1n) is 6.83. The maximum atomic E-state index is 13.1. The van der Waals surface area contributed by atoms with Gasteiger partial charge >= 0.3 is 0 Å². The van der Waals surface area contributed by atoms with Crippen molar-refractivity contribution >= 4 is 26.2 Å². The van der Waals surface area contributed by atoms with Gasteiger partial charge in [-0.15, -0.1) is 11.3 Å². The maximum absolute atomic E-state index is 13.1. The van der Waals surface area contributed by atoms with Crippen LogP contribution in [0.15, 0.2) is 63.7 Å². The molecule has 2 N–H and O–H groups in total. The smallest absolute Gasteiger partial charge is 0.216 e. The highest BCUT2D eigenvalue weighted by Gasteiger charge is 2.29. The first-order chi connectivity index (χ1) is 11.4. The molecule has 0 aliphatic carbocycles. The van der Waals surface area contributed by atoms with Gasteiger partial charge < -0.3 is 5.73 Å². The highest BCUT2D eigenvalue weighted by Crippen LogP contribution is 2.43. The fraction of sp³-hybridized carbons (Fsp3) is 0. The molecule has 0 radical (unpaired) electrons. The van der Waals surface area contributed by atoms with E-state index in [2.05, 4.69) is 0 Å². The fourth-order valence-corrected chi connectivity index (χ4v) is 5.28. The Morgan fingerprint density at radius 1 is 1.04 bits per heavy atom. The van der Waals surface area contributed by atoms with Crippen molar-refractivity contribution in [3.8, 4) is 17.2 Å². The van der Waals surface area contributed by atoms with Crippen molar-refractivity contribution in [3.63, 3.8) is 0 Å². The van der Waals surface area contributed by atoms with Gasteiger partial charge in [0.05, 0.1) is 10.5 Å². The zero-order chi connectivity index (χ0) is 17.3. The highest BCUT2D eigenvalue weighted by atomic mass is 32.2. The van der Waals surface area contributed by atoms with Gasteiger partial charge in [-0.05, 0) is 29.8 Å². The van der Waals surface area contributed by atoms with E-state index in [1.54, 1.807) is 30.3 Å². The molecule has 0 bridgehead atoms. The maximum Gasteiger partial charge on any atom is 0.216 e. The van der Waals surface area contributed by atoms with E-state index < -0.39 is 15.7 Å². The molecular formula is C17H11FN2O2S2. The lowest BCUT2D eigenvalue weighted by Crippen LogP contribution is -2.02. The molecule has 0 unspecified atom stereocenters. The third-order valence-electron chi connectivity index (χ3n) is 3.45. The van der Waals surface area contributed by atoms with E-state index in [1.807, 2.05) is 6.07 Å². The van der Waals surface area contributed by atoms with Crippen molar-refractivity contribution in [2.45, 2.75) is 9.10 Å². The van der Waals surface area contributed by atoms with Crippen LogP contribution >= 0.6 is 11.3 Å². The fourth-order valence-electron chi connectivity index (χ4n) is 2.32. The van der Waals surface area contributed by atoms with Gasteiger partial charge in [0.25, 0.3) is 0 Å². The van der Waals surface area contributed by atoms with Crippen molar-refractivity contribution in [3.05, 3.63) is 66.0 Å². The number of anilines is 1. The Morgan fingerprint density at radius 3 is 2.25 bits per heavy atom. The zero-order valence-electron chi connectivity index (χ0n) is 12.2. The standard InChI is InChI=1S/C17H11FN2O2S2/c18-12-6-8-13(9-7-12)24(21,22)17-15(11-4-2-1-3-5-11)14(10-19)16(20)23-17/h1-9H,20H2. The second kappa shape index (κ2) is 6.07. The molecule has 0 fully saturated rings. The minimum atomic E-state index is -3.93. The van der Waals surface area contributed by atoms with Crippen LogP contribution < -0.4 is 5.73 Å². The van der Waals surface area contributed by atoms with Crippen LogP contribution in [0.1, 0.15) is 5.56 Å². The van der Waals surface area contributed by atoms with Crippen LogP contribution in [0.25, 0.3) is 11.1 Å². The number of benzene rings is 2. The minimum absolute atomic E-state index is 0.0191. The van der Waals surface area contributed by atoms with E-state index in [9.17, 15) is 18.1 Å². The summed E-state index contributed by atoms with van der Waals surface area (Å²) in [6, 6.07) is 15.2. The van der Waals surface area contributed by atoms with Gasteiger partial charge in [0.1, 0.15) is 21.1 Å². The second-order valence-corrected chi connectivity index (χ2v) is 8.14. The van der Waals surface area contributed by atoms with Crippen LogP contribution in [0.3, 0.4) is 0 Å². The Labute approximate surface area is 142 Å². The van der Waals surface area contributed by atoms with Gasteiger partial charge in [-0.1, -0.05) is 30.3 Å². The Hall–Kier alpha value is -2.69. The molecule has 24 heavy (non-hydrogen) atoms. The SMILES string of the molecule is N#Cc1c(N)sc(S(=O)(=O)c2ccc(F)cc2)c1-c1ccccc1. The average Bonchev–Trinajstić information content (AvgIpc) is 2.93. The predicted molar refractivity (Wildman–Crippen MR) is 90.7 cm³/mol. The summed E-state index contributed by atoms with van der Waals surface area (Å²) in [5.74, 6) is -0.527. The van der Waals surface area contributed by atoms with E-state index in [0.717, 1.165) is 23.5 Å². The Kier molecular flexibility index (Phi) is 4.09. The largest absolute Gasteiger partial charge is 0.389 e. The number of nitrogens with zero attached hydrogens (tertiary/aromatic N) is 1. The molecule has 1 aromatic heterocycles. The van der Waals surface area contributed by atoms with Gasteiger partial charge in [0.15, 0.2) is 0 Å². The number of sulfone groups is 1. The molecule has 120 valence electrons. The lowest BCUT2D eigenvalue weighted by atomic mass is 10.1. The van der Waals surface area contributed by atoms with Gasteiger partial charge in [-0.3, -0.25) is 0 Å². The molecule has 0 aliphatic rings. The first kappa shape index (κ1) is 16.2. The Bertz CT molecular complexity index is 1030. The van der Waals surface area contributed by atoms with Crippen LogP contribution in [-0.4, -0.2) is 8.42 Å². The molecule has 7 heteroatoms. The molecule has 0 atom stereocenters. The van der Waals surface area contributed by atoms with E-state index in [1.165, 1.54) is 12.1 Å². The number of nitrogens with two attached hydrogens (primary N) is 1. The summed E-state index contributed by atoms with van der Waals surface area (Å²) in [5, 5.41) is 9.52. The molecule has 0 spiro atoms. The normalized spacial score (nSPS) is 11.2. The Morgan fingerprint density at radius 2 is 1.67 bits per heavy atom. The van der Waals surface area contributed by atoms with E-state index >= 15 is 0 Å². The first-order valence-corrected chi connectivity index (χ1v) is 9.13. The number of rotatable bonds is 3. The lowest BCUT2D eigenvalue weighted by molar-refractivity contribution is 0.597. The summed E-state index contributed by atoms with van der Waals surface area (Å²) in [4.78, 5) is -0.0492. The van der Waals surface area contributed by atoms with Crippen LogP contribution in [0, 0.1) is 17.1 Å². The summed E-state index contributed by atoms with van der Waals surface area (Å²) >= 11 is 0.840. The van der Waals surface area contributed by atoms with E-state index in [0.29, 0.717) is 5.56 Å². The molecule has 0 saturated heterocycles. The molecule has 4 nitrogen and oxygen atoms in total. The van der Waals surface area contributed by atoms with E-state index in [4.69, 9.17) is 5.73 Å². The predicted octanol–water partition coefficient (Wildman–Crippen LogP) is 3.84.